The van der Waals surface area contributed by atoms with Crippen LogP contribution in [0.4, 0.5) is 4.39 Å². The number of halogens is 1. The summed E-state index contributed by atoms with van der Waals surface area (Å²) in [6.45, 7) is 0.394. The number of carbonyl (C=O) groups excluding carboxylic acids is 2. The molecule has 0 aliphatic carbocycles. The lowest BCUT2D eigenvalue weighted by atomic mass is 10.2. The van der Waals surface area contributed by atoms with E-state index in [1.54, 1.807) is 40.4 Å². The number of benzene rings is 1. The summed E-state index contributed by atoms with van der Waals surface area (Å²) in [7, 11) is 0. The van der Waals surface area contributed by atoms with Gasteiger partial charge in [0.2, 0.25) is 0 Å². The molecule has 2 N–H and O–H groups in total. The van der Waals surface area contributed by atoms with E-state index < -0.39 is 11.8 Å². The Labute approximate surface area is 153 Å². The molecule has 2 heterocycles. The van der Waals surface area contributed by atoms with Crippen molar-refractivity contribution in [2.75, 3.05) is 6.54 Å². The third kappa shape index (κ3) is 4.54. The van der Waals surface area contributed by atoms with E-state index in [1.807, 2.05) is 23.7 Å². The van der Waals surface area contributed by atoms with Crippen molar-refractivity contribution >= 4 is 23.2 Å². The number of hydrogen-bond acceptors (Lipinski definition) is 4. The summed E-state index contributed by atoms with van der Waals surface area (Å²) in [4.78, 5) is 25.0. The molecule has 2 aromatic heterocycles. The van der Waals surface area contributed by atoms with E-state index in [0.717, 1.165) is 4.88 Å². The fourth-order valence-corrected chi connectivity index (χ4v) is 3.22. The third-order valence-electron chi connectivity index (χ3n) is 3.74. The van der Waals surface area contributed by atoms with Crippen molar-refractivity contribution < 1.29 is 14.0 Å². The number of thiophene rings is 1. The Bertz CT molecular complexity index is 814. The molecule has 1 atom stereocenters. The Morgan fingerprint density at radius 1 is 1.12 bits per heavy atom. The molecule has 0 aliphatic rings. The van der Waals surface area contributed by atoms with E-state index in [4.69, 9.17) is 0 Å². The molecular weight excluding hydrogens is 355 g/mol. The van der Waals surface area contributed by atoms with E-state index in [-0.39, 0.29) is 24.9 Å². The molecule has 3 aromatic rings. The van der Waals surface area contributed by atoms with E-state index in [2.05, 4.69) is 15.7 Å². The first-order valence-corrected chi connectivity index (χ1v) is 8.84. The van der Waals surface area contributed by atoms with Gasteiger partial charge >= 0.3 is 11.8 Å². The summed E-state index contributed by atoms with van der Waals surface area (Å²) in [6.07, 6.45) is 3.48. The quantitative estimate of drug-likeness (QED) is 0.651. The van der Waals surface area contributed by atoms with Crippen LogP contribution in [0.5, 0.6) is 0 Å². The summed E-state index contributed by atoms with van der Waals surface area (Å²) < 4.78 is 14.6. The van der Waals surface area contributed by atoms with Gasteiger partial charge in [-0.25, -0.2) is 4.39 Å². The molecule has 6 nitrogen and oxygen atoms in total. The van der Waals surface area contributed by atoms with Gasteiger partial charge in [0, 0.05) is 30.4 Å². The Kier molecular flexibility index (Phi) is 5.75. The van der Waals surface area contributed by atoms with E-state index in [0.29, 0.717) is 5.56 Å². The van der Waals surface area contributed by atoms with Crippen LogP contribution >= 0.6 is 11.3 Å². The van der Waals surface area contributed by atoms with Gasteiger partial charge in [-0.05, 0) is 35.2 Å². The summed E-state index contributed by atoms with van der Waals surface area (Å²) in [5.74, 6) is -1.81. The molecule has 0 saturated heterocycles. The number of carbonyl (C=O) groups is 2. The van der Waals surface area contributed by atoms with Gasteiger partial charge < -0.3 is 10.6 Å². The third-order valence-corrected chi connectivity index (χ3v) is 4.72. The van der Waals surface area contributed by atoms with Crippen molar-refractivity contribution in [2.45, 2.75) is 12.6 Å². The predicted molar refractivity (Wildman–Crippen MR) is 95.9 cm³/mol. The molecule has 8 heteroatoms. The minimum atomic E-state index is -0.736. The highest BCUT2D eigenvalue weighted by Crippen LogP contribution is 2.21. The molecule has 0 fully saturated rings. The molecule has 0 radical (unpaired) electrons. The lowest BCUT2D eigenvalue weighted by Crippen LogP contribution is -2.41. The topological polar surface area (TPSA) is 76.0 Å². The molecule has 2 amide bonds. The molecule has 1 aromatic carbocycles. The Morgan fingerprint density at radius 2 is 1.88 bits per heavy atom. The first-order valence-electron chi connectivity index (χ1n) is 7.96. The van der Waals surface area contributed by atoms with Gasteiger partial charge in [-0.15, -0.1) is 11.3 Å². The molecule has 0 saturated carbocycles. The van der Waals surface area contributed by atoms with Crippen LogP contribution in [0.25, 0.3) is 0 Å². The average molecular weight is 372 g/mol. The van der Waals surface area contributed by atoms with Gasteiger partial charge in [0.05, 0.1) is 0 Å². The highest BCUT2D eigenvalue weighted by atomic mass is 32.1. The van der Waals surface area contributed by atoms with Crippen LogP contribution in [0.3, 0.4) is 0 Å². The minimum Gasteiger partial charge on any atom is -0.345 e. The highest BCUT2D eigenvalue weighted by Gasteiger charge is 2.19. The number of amides is 2. The predicted octanol–water partition coefficient (Wildman–Crippen LogP) is 2.11. The Balaban J connectivity index is 1.54. The van der Waals surface area contributed by atoms with Crippen LogP contribution in [-0.2, 0) is 16.1 Å². The highest BCUT2D eigenvalue weighted by molar-refractivity contribution is 7.10. The lowest BCUT2D eigenvalue weighted by Gasteiger charge is -2.17. The van der Waals surface area contributed by atoms with Crippen LogP contribution in [0.1, 0.15) is 16.5 Å². The van der Waals surface area contributed by atoms with Gasteiger partial charge in [0.25, 0.3) is 0 Å². The van der Waals surface area contributed by atoms with Crippen molar-refractivity contribution in [3.05, 3.63) is 76.5 Å². The fourth-order valence-electron chi connectivity index (χ4n) is 2.40. The van der Waals surface area contributed by atoms with Crippen molar-refractivity contribution in [1.29, 1.82) is 0 Å². The lowest BCUT2D eigenvalue weighted by molar-refractivity contribution is -0.139. The van der Waals surface area contributed by atoms with E-state index >= 15 is 0 Å². The number of hydrogen-bond donors (Lipinski definition) is 2. The summed E-state index contributed by atoms with van der Waals surface area (Å²) >= 11 is 1.55. The van der Waals surface area contributed by atoms with Crippen molar-refractivity contribution in [3.63, 3.8) is 0 Å². The number of aromatic nitrogens is 2. The monoisotopic (exact) mass is 372 g/mol. The van der Waals surface area contributed by atoms with Gasteiger partial charge in [0.15, 0.2) is 0 Å². The maximum absolute atomic E-state index is 12.9. The molecule has 26 heavy (non-hydrogen) atoms. The number of rotatable bonds is 6. The maximum Gasteiger partial charge on any atom is 0.309 e. The second-order valence-electron chi connectivity index (χ2n) is 5.54. The summed E-state index contributed by atoms with van der Waals surface area (Å²) in [5.41, 5.74) is 0.709. The molecule has 0 bridgehead atoms. The zero-order valence-electron chi connectivity index (χ0n) is 13.8. The van der Waals surface area contributed by atoms with Crippen LogP contribution in [0, 0.1) is 5.82 Å². The number of nitrogens with zero attached hydrogens (tertiary/aromatic N) is 2. The Morgan fingerprint density at radius 3 is 2.54 bits per heavy atom. The van der Waals surface area contributed by atoms with Crippen LogP contribution < -0.4 is 10.6 Å². The standard InChI is InChI=1S/C18H17FN4O2S/c19-14-6-4-13(5-7-14)11-20-17(24)18(25)21-12-15(16-3-1-10-26-16)23-9-2-8-22-23/h1-10,15H,11-12H2,(H,20,24)(H,21,25)/t15-/m0/s1. The number of nitrogens with one attached hydrogen (secondary N) is 2. The molecule has 0 unspecified atom stereocenters. The molecule has 0 spiro atoms. The van der Waals surface area contributed by atoms with Gasteiger partial charge in [-0.1, -0.05) is 18.2 Å². The largest absolute Gasteiger partial charge is 0.345 e. The van der Waals surface area contributed by atoms with Crippen LogP contribution in [0.15, 0.2) is 60.2 Å². The van der Waals surface area contributed by atoms with Crippen LogP contribution in [0.2, 0.25) is 0 Å². The molecule has 3 rings (SSSR count). The zero-order chi connectivity index (χ0) is 18.4. The first kappa shape index (κ1) is 17.8. The molecule has 134 valence electrons. The fraction of sp³-hybridized carbons (Fsp3) is 0.167. The molecule has 0 aliphatic heterocycles. The smallest absolute Gasteiger partial charge is 0.309 e. The van der Waals surface area contributed by atoms with Crippen molar-refractivity contribution in [2.24, 2.45) is 0 Å². The summed E-state index contributed by atoms with van der Waals surface area (Å²) in [6, 6.07) is 11.2. The SMILES string of the molecule is O=C(NCc1ccc(F)cc1)C(=O)NC[C@@H](c1cccs1)n1cccn1. The van der Waals surface area contributed by atoms with E-state index in [1.165, 1.54) is 12.1 Å². The second-order valence-corrected chi connectivity index (χ2v) is 6.52. The maximum atomic E-state index is 12.9. The zero-order valence-corrected chi connectivity index (χ0v) is 14.6. The van der Waals surface area contributed by atoms with Gasteiger partial charge in [-0.3, -0.25) is 14.3 Å². The normalized spacial score (nSPS) is 11.7. The van der Waals surface area contributed by atoms with Gasteiger partial charge in [-0.2, -0.15) is 5.10 Å². The first-order chi connectivity index (χ1) is 12.6. The average Bonchev–Trinajstić information content (AvgIpc) is 3.35. The second kappa shape index (κ2) is 8.39. The summed E-state index contributed by atoms with van der Waals surface area (Å²) in [5, 5.41) is 11.3. The van der Waals surface area contributed by atoms with Crippen molar-refractivity contribution in [3.8, 4) is 0 Å². The Hall–Kier alpha value is -3.00. The van der Waals surface area contributed by atoms with E-state index in [9.17, 15) is 14.0 Å². The molecular formula is C18H17FN4O2S. The van der Waals surface area contributed by atoms with Crippen LogP contribution in [-0.4, -0.2) is 28.1 Å². The van der Waals surface area contributed by atoms with Crippen molar-refractivity contribution in [1.82, 2.24) is 20.4 Å². The van der Waals surface area contributed by atoms with Gasteiger partial charge in [0.1, 0.15) is 11.9 Å². The minimum absolute atomic E-state index is 0.153.